The van der Waals surface area contributed by atoms with Crippen molar-refractivity contribution in [1.82, 2.24) is 24.8 Å². The molecule has 7 rings (SSSR count). The summed E-state index contributed by atoms with van der Waals surface area (Å²) in [5.41, 5.74) is 18.2. The Kier molecular flexibility index (Phi) is 8.16. The number of nitrogen functional groups attached to an aromatic ring is 1. The van der Waals surface area contributed by atoms with E-state index in [9.17, 15) is 9.90 Å². The van der Waals surface area contributed by atoms with E-state index >= 15 is 0 Å². The maximum absolute atomic E-state index is 12.4. The van der Waals surface area contributed by atoms with Crippen molar-refractivity contribution in [3.63, 3.8) is 0 Å². The lowest BCUT2D eigenvalue weighted by Crippen LogP contribution is -2.68. The van der Waals surface area contributed by atoms with Crippen molar-refractivity contribution >= 4 is 29.6 Å². The van der Waals surface area contributed by atoms with Crippen molar-refractivity contribution in [3.05, 3.63) is 70.7 Å². The number of aliphatic hydroxyl groups excluding tert-OH is 1. The van der Waals surface area contributed by atoms with Gasteiger partial charge in [-0.2, -0.15) is 0 Å². The van der Waals surface area contributed by atoms with E-state index in [1.807, 2.05) is 74.5 Å². The van der Waals surface area contributed by atoms with Crippen LogP contribution in [0.4, 0.5) is 16.6 Å². The van der Waals surface area contributed by atoms with Crippen LogP contribution in [-0.2, 0) is 11.2 Å². The summed E-state index contributed by atoms with van der Waals surface area (Å²) in [6, 6.07) is 10.1. The standard InChI is InChI=1S/C36H48N8O3/c1-35(2,3)47-34(46)43-21-36(22-43)16-26(17-36)42-12-9-23(10-13-42)25-18-39-33(40-19-25)44-14-11-29-31(30(44)20-45)27(32(38)41-29)15-28(37)24-7-5-4-6-8-24/h4-8,15,18-19,23,26,30,41,45H,9-14,16-17,20-22,37-38H2,1-3H3/b28-15-. The van der Waals surface area contributed by atoms with Gasteiger partial charge in [-0.05, 0) is 82.7 Å². The zero-order chi connectivity index (χ0) is 32.9. The largest absolute Gasteiger partial charge is 0.444 e. The van der Waals surface area contributed by atoms with Gasteiger partial charge >= 0.3 is 6.09 Å². The molecule has 47 heavy (non-hydrogen) atoms. The van der Waals surface area contributed by atoms with Crippen molar-refractivity contribution in [3.8, 4) is 0 Å². The second kappa shape index (κ2) is 12.2. The van der Waals surface area contributed by atoms with Gasteiger partial charge in [-0.15, -0.1) is 0 Å². The summed E-state index contributed by atoms with van der Waals surface area (Å²) in [5, 5.41) is 10.6. The van der Waals surface area contributed by atoms with Gasteiger partial charge in [-0.25, -0.2) is 14.8 Å². The number of carbonyl (C=O) groups excluding carboxylic acids is 1. The minimum absolute atomic E-state index is 0.0958. The topological polar surface area (TPSA) is 150 Å². The summed E-state index contributed by atoms with van der Waals surface area (Å²) >= 11 is 0. The molecule has 11 heteroatoms. The highest BCUT2D eigenvalue weighted by atomic mass is 16.6. The number of nitrogens with one attached hydrogen (secondary N) is 1. The van der Waals surface area contributed by atoms with Crippen molar-refractivity contribution in [1.29, 1.82) is 0 Å². The molecular weight excluding hydrogens is 592 g/mol. The Balaban J connectivity index is 0.953. The second-order valence-electron chi connectivity index (χ2n) is 15.0. The molecule has 6 N–H and O–H groups in total. The fraction of sp³-hybridized carbons (Fsp3) is 0.528. The number of amides is 1. The summed E-state index contributed by atoms with van der Waals surface area (Å²) in [6.45, 7) is 10.1. The van der Waals surface area contributed by atoms with Crippen LogP contribution in [0.25, 0.3) is 11.8 Å². The molecule has 1 spiro atoms. The number of rotatable bonds is 6. The first-order valence-corrected chi connectivity index (χ1v) is 17.0. The van der Waals surface area contributed by atoms with E-state index < -0.39 is 5.60 Å². The minimum atomic E-state index is -0.450. The number of hydrogen-bond donors (Lipinski definition) is 4. The number of aromatic nitrogens is 3. The molecule has 1 aromatic carbocycles. The first-order valence-electron chi connectivity index (χ1n) is 17.0. The number of aliphatic hydroxyl groups is 1. The fourth-order valence-electron chi connectivity index (χ4n) is 8.14. The van der Waals surface area contributed by atoms with E-state index in [2.05, 4.69) is 14.8 Å². The molecule has 4 aliphatic rings. The maximum atomic E-state index is 12.4. The number of fused-ring (bicyclic) bond motifs is 1. The molecule has 1 unspecified atom stereocenters. The molecule has 2 saturated heterocycles. The number of nitrogens with zero attached hydrogens (tertiary/aromatic N) is 5. The van der Waals surface area contributed by atoms with Gasteiger partial charge in [-0.1, -0.05) is 30.3 Å². The zero-order valence-corrected chi connectivity index (χ0v) is 27.8. The number of likely N-dealkylation sites (tertiary alicyclic amines) is 2. The van der Waals surface area contributed by atoms with Crippen LogP contribution < -0.4 is 16.4 Å². The molecule has 3 aromatic rings. The van der Waals surface area contributed by atoms with E-state index in [1.54, 1.807) is 0 Å². The second-order valence-corrected chi connectivity index (χ2v) is 15.0. The van der Waals surface area contributed by atoms with Crippen LogP contribution in [-0.4, -0.2) is 86.9 Å². The number of piperidine rings is 1. The molecule has 1 atom stereocenters. The molecule has 1 aliphatic carbocycles. The molecule has 5 heterocycles. The van der Waals surface area contributed by atoms with Crippen molar-refractivity contribution in [2.45, 2.75) is 76.5 Å². The molecule has 11 nitrogen and oxygen atoms in total. The molecule has 0 radical (unpaired) electrons. The molecule has 2 aromatic heterocycles. The molecule has 0 bridgehead atoms. The van der Waals surface area contributed by atoms with Gasteiger partial charge < -0.3 is 41.0 Å². The highest BCUT2D eigenvalue weighted by molar-refractivity contribution is 5.85. The highest BCUT2D eigenvalue weighted by Gasteiger charge is 2.55. The number of benzene rings is 1. The van der Waals surface area contributed by atoms with Crippen LogP contribution >= 0.6 is 0 Å². The van der Waals surface area contributed by atoms with Gasteiger partial charge in [0.2, 0.25) is 5.95 Å². The smallest absolute Gasteiger partial charge is 0.410 e. The SMILES string of the molecule is CC(C)(C)OC(=O)N1CC2(CC(N3CCC(c4cnc(N5CCc6[nH]c(N)c(/C=C(\N)c7ccccc7)c6C5CO)nc4)CC3)C2)C1. The number of anilines is 2. The quantitative estimate of drug-likeness (QED) is 0.305. The molecule has 3 aliphatic heterocycles. The average molecular weight is 641 g/mol. The Hall–Kier alpha value is -4.09. The van der Waals surface area contributed by atoms with Crippen LogP contribution in [0.1, 0.15) is 86.4 Å². The normalized spacial score (nSPS) is 22.1. The summed E-state index contributed by atoms with van der Waals surface area (Å²) in [4.78, 5) is 31.9. The fourth-order valence-corrected chi connectivity index (χ4v) is 8.14. The van der Waals surface area contributed by atoms with Gasteiger partial charge in [0.05, 0.1) is 12.6 Å². The highest BCUT2D eigenvalue weighted by Crippen LogP contribution is 2.51. The van der Waals surface area contributed by atoms with E-state index in [-0.39, 0.29) is 18.7 Å². The predicted octanol–water partition coefficient (Wildman–Crippen LogP) is 4.52. The lowest BCUT2D eigenvalue weighted by atomic mass is 9.60. The number of ether oxygens (including phenoxy) is 1. The lowest BCUT2D eigenvalue weighted by Gasteiger charge is -2.61. The van der Waals surface area contributed by atoms with E-state index in [1.165, 1.54) is 18.4 Å². The number of aromatic amines is 1. The molecule has 250 valence electrons. The predicted molar refractivity (Wildman–Crippen MR) is 183 cm³/mol. The van der Waals surface area contributed by atoms with Crippen LogP contribution in [0.5, 0.6) is 0 Å². The molecular formula is C36H48N8O3. The first-order chi connectivity index (χ1) is 22.5. The minimum Gasteiger partial charge on any atom is -0.444 e. The molecule has 1 saturated carbocycles. The number of hydrogen-bond acceptors (Lipinski definition) is 9. The Morgan fingerprint density at radius 2 is 1.79 bits per heavy atom. The summed E-state index contributed by atoms with van der Waals surface area (Å²) in [7, 11) is 0. The number of nitrogens with two attached hydrogens (primary N) is 2. The van der Waals surface area contributed by atoms with E-state index in [0.717, 1.165) is 67.8 Å². The Bertz CT molecular complexity index is 1610. The zero-order valence-electron chi connectivity index (χ0n) is 27.8. The summed E-state index contributed by atoms with van der Waals surface area (Å²) < 4.78 is 5.54. The first kappa shape index (κ1) is 31.5. The van der Waals surface area contributed by atoms with Gasteiger partial charge in [0.25, 0.3) is 0 Å². The van der Waals surface area contributed by atoms with Crippen LogP contribution in [0, 0.1) is 5.41 Å². The van der Waals surface area contributed by atoms with Gasteiger partial charge in [0.1, 0.15) is 11.4 Å². The summed E-state index contributed by atoms with van der Waals surface area (Å²) in [6.07, 6.45) is 10.9. The molecule has 1 amide bonds. The van der Waals surface area contributed by atoms with Crippen molar-refractivity contribution in [2.24, 2.45) is 11.1 Å². The number of carbonyl (C=O) groups is 1. The Morgan fingerprint density at radius 3 is 2.43 bits per heavy atom. The average Bonchev–Trinajstić information content (AvgIpc) is 3.33. The Labute approximate surface area is 277 Å². The van der Waals surface area contributed by atoms with Gasteiger partial charge in [0.15, 0.2) is 0 Å². The summed E-state index contributed by atoms with van der Waals surface area (Å²) in [5.74, 6) is 1.59. The van der Waals surface area contributed by atoms with E-state index in [0.29, 0.717) is 41.4 Å². The number of H-pyrrole nitrogens is 1. The monoisotopic (exact) mass is 640 g/mol. The van der Waals surface area contributed by atoms with Gasteiger partial charge in [0, 0.05) is 72.4 Å². The van der Waals surface area contributed by atoms with Crippen LogP contribution in [0.3, 0.4) is 0 Å². The van der Waals surface area contributed by atoms with Crippen LogP contribution in [0.2, 0.25) is 0 Å². The maximum Gasteiger partial charge on any atom is 0.410 e. The molecule has 3 fully saturated rings. The van der Waals surface area contributed by atoms with Crippen molar-refractivity contribution < 1.29 is 14.6 Å². The third-order valence-corrected chi connectivity index (χ3v) is 10.6. The van der Waals surface area contributed by atoms with Gasteiger partial charge in [-0.3, -0.25) is 0 Å². The van der Waals surface area contributed by atoms with Crippen molar-refractivity contribution in [2.75, 3.05) is 50.0 Å². The lowest BCUT2D eigenvalue weighted by molar-refractivity contribution is -0.110. The third kappa shape index (κ3) is 6.18. The van der Waals surface area contributed by atoms with E-state index in [4.69, 9.17) is 26.2 Å². The van der Waals surface area contributed by atoms with Crippen LogP contribution in [0.15, 0.2) is 42.7 Å². The third-order valence-electron chi connectivity index (χ3n) is 10.6. The Morgan fingerprint density at radius 1 is 1.11 bits per heavy atom.